The number of para-hydroxylation sites is 1. The van der Waals surface area contributed by atoms with Crippen LogP contribution in [-0.4, -0.2) is 58.6 Å². The average molecular weight is 826 g/mol. The SMILES string of the molecule is C[C@H](NC(=O)[C@H](Cc1ccc(OCc2ccccc2)cc1)NC(=O)OC(C)(C)C)C(=O)N[C@@H](C[C@]1(O)C(=O)Nc2ccccc21)C(=O)NC(c1ccccc1)c1ccccc1. The van der Waals surface area contributed by atoms with E-state index in [-0.39, 0.29) is 12.0 Å². The summed E-state index contributed by atoms with van der Waals surface area (Å²) in [5.41, 5.74) is 0.801. The standard InChI is InChI=1S/C48H51N5O8/c1-31(49-43(55)39(52-46(58)61-47(2,3)4)28-32-24-26-36(27-25-32)60-30-33-16-8-5-9-17-33)42(54)50-40(29-48(59)37-22-14-15-23-38(37)51-45(48)57)44(56)53-41(34-18-10-6-11-19-34)35-20-12-7-13-21-35/h5-27,31,39-41,59H,28-30H2,1-4H3,(H,49,55)(H,50,54)(H,51,57)(H,52,58)(H,53,56)/t31-,39-,40-,48+/m0/s1. The lowest BCUT2D eigenvalue weighted by atomic mass is 9.87. The fraction of sp³-hybridized carbons (Fsp3) is 0.271. The molecule has 0 radical (unpaired) electrons. The van der Waals surface area contributed by atoms with Gasteiger partial charge in [0.2, 0.25) is 17.7 Å². The first-order valence-corrected chi connectivity index (χ1v) is 20.1. The Hall–Kier alpha value is -6.99. The van der Waals surface area contributed by atoms with E-state index in [1.54, 1.807) is 69.3 Å². The molecule has 13 nitrogen and oxygen atoms in total. The number of ether oxygens (including phenoxy) is 2. The highest BCUT2D eigenvalue weighted by Crippen LogP contribution is 2.39. The number of fused-ring (bicyclic) bond motifs is 1. The number of benzene rings is 5. The predicted molar refractivity (Wildman–Crippen MR) is 230 cm³/mol. The van der Waals surface area contributed by atoms with Crippen LogP contribution in [0.4, 0.5) is 10.5 Å². The largest absolute Gasteiger partial charge is 0.489 e. The van der Waals surface area contributed by atoms with Crippen molar-refractivity contribution in [2.75, 3.05) is 5.32 Å². The summed E-state index contributed by atoms with van der Waals surface area (Å²) in [7, 11) is 0. The topological polar surface area (TPSA) is 184 Å². The number of alkyl carbamates (subject to hydrolysis) is 1. The molecule has 4 atom stereocenters. The maximum Gasteiger partial charge on any atom is 0.408 e. The van der Waals surface area contributed by atoms with Crippen LogP contribution in [0, 0.1) is 0 Å². The van der Waals surface area contributed by atoms with Gasteiger partial charge in [0.25, 0.3) is 5.91 Å². The lowest BCUT2D eigenvalue weighted by Crippen LogP contribution is -2.58. The van der Waals surface area contributed by atoms with Crippen molar-refractivity contribution in [1.29, 1.82) is 0 Å². The third-order valence-electron chi connectivity index (χ3n) is 10.1. The van der Waals surface area contributed by atoms with Crippen molar-refractivity contribution >= 4 is 35.4 Å². The van der Waals surface area contributed by atoms with Crippen LogP contribution in [0.1, 0.15) is 68.0 Å². The van der Waals surface area contributed by atoms with E-state index in [4.69, 9.17) is 9.47 Å². The Balaban J connectivity index is 1.20. The Kier molecular flexibility index (Phi) is 13.8. The van der Waals surface area contributed by atoms with Gasteiger partial charge in [0.05, 0.1) is 6.04 Å². The number of aliphatic hydroxyl groups is 1. The second-order valence-corrected chi connectivity index (χ2v) is 15.9. The molecule has 0 saturated carbocycles. The van der Waals surface area contributed by atoms with E-state index in [2.05, 4.69) is 26.6 Å². The van der Waals surface area contributed by atoms with Gasteiger partial charge < -0.3 is 41.2 Å². The summed E-state index contributed by atoms with van der Waals surface area (Å²) in [5, 5.41) is 25.6. The molecule has 0 spiro atoms. The minimum Gasteiger partial charge on any atom is -0.489 e. The van der Waals surface area contributed by atoms with Crippen molar-refractivity contribution in [1.82, 2.24) is 21.3 Å². The van der Waals surface area contributed by atoms with E-state index in [0.29, 0.717) is 23.6 Å². The van der Waals surface area contributed by atoms with Crippen LogP contribution in [0.15, 0.2) is 140 Å². The van der Waals surface area contributed by atoms with E-state index in [1.165, 1.54) is 6.92 Å². The van der Waals surface area contributed by atoms with Gasteiger partial charge in [-0.3, -0.25) is 19.2 Å². The maximum atomic E-state index is 14.4. The molecule has 1 aliphatic heterocycles. The van der Waals surface area contributed by atoms with Crippen LogP contribution in [0.5, 0.6) is 5.75 Å². The number of nitrogens with one attached hydrogen (secondary N) is 5. The number of hydrogen-bond acceptors (Lipinski definition) is 8. The Morgan fingerprint density at radius 1 is 0.656 bits per heavy atom. The van der Waals surface area contributed by atoms with Crippen molar-refractivity contribution in [2.24, 2.45) is 0 Å². The molecule has 1 aliphatic rings. The molecule has 6 N–H and O–H groups in total. The molecule has 0 bridgehead atoms. The first-order chi connectivity index (χ1) is 29.2. The van der Waals surface area contributed by atoms with Crippen molar-refractivity contribution in [3.63, 3.8) is 0 Å². The lowest BCUT2D eigenvalue weighted by molar-refractivity contribution is -0.139. The van der Waals surface area contributed by atoms with Gasteiger partial charge in [-0.25, -0.2) is 4.79 Å². The maximum absolute atomic E-state index is 14.4. The molecule has 1 heterocycles. The van der Waals surface area contributed by atoms with Crippen LogP contribution in [0.3, 0.4) is 0 Å². The highest BCUT2D eigenvalue weighted by molar-refractivity contribution is 6.05. The van der Waals surface area contributed by atoms with Crippen molar-refractivity contribution in [2.45, 2.75) is 82.5 Å². The second-order valence-electron chi connectivity index (χ2n) is 15.9. The summed E-state index contributed by atoms with van der Waals surface area (Å²) in [4.78, 5) is 68.6. The molecule has 0 aliphatic carbocycles. The fourth-order valence-electron chi connectivity index (χ4n) is 6.93. The molecule has 5 aromatic rings. The zero-order valence-electron chi connectivity index (χ0n) is 34.5. The van der Waals surface area contributed by atoms with Gasteiger partial charge >= 0.3 is 6.09 Å². The predicted octanol–water partition coefficient (Wildman–Crippen LogP) is 5.83. The van der Waals surface area contributed by atoms with Crippen molar-refractivity contribution in [3.05, 3.63) is 167 Å². The smallest absolute Gasteiger partial charge is 0.408 e. The van der Waals surface area contributed by atoms with E-state index in [9.17, 15) is 29.1 Å². The van der Waals surface area contributed by atoms with Crippen LogP contribution < -0.4 is 31.3 Å². The van der Waals surface area contributed by atoms with E-state index in [0.717, 1.165) is 16.7 Å². The monoisotopic (exact) mass is 825 g/mol. The van der Waals surface area contributed by atoms with Crippen LogP contribution in [0.2, 0.25) is 0 Å². The Morgan fingerprint density at radius 2 is 1.21 bits per heavy atom. The van der Waals surface area contributed by atoms with Gasteiger partial charge in [0.1, 0.15) is 36.1 Å². The molecule has 0 fully saturated rings. The highest BCUT2D eigenvalue weighted by Gasteiger charge is 2.48. The molecule has 5 amide bonds. The van der Waals surface area contributed by atoms with Crippen LogP contribution in [0.25, 0.3) is 0 Å². The highest BCUT2D eigenvalue weighted by atomic mass is 16.6. The molecule has 0 saturated heterocycles. The zero-order valence-corrected chi connectivity index (χ0v) is 34.5. The number of rotatable bonds is 16. The summed E-state index contributed by atoms with van der Waals surface area (Å²) in [6.45, 7) is 6.88. The van der Waals surface area contributed by atoms with Gasteiger partial charge in [-0.2, -0.15) is 0 Å². The Bertz CT molecular complexity index is 2260. The molecule has 0 aromatic heterocycles. The number of carbonyl (C=O) groups excluding carboxylic acids is 5. The third-order valence-corrected chi connectivity index (χ3v) is 10.1. The first-order valence-electron chi connectivity index (χ1n) is 20.1. The molecule has 0 unspecified atom stereocenters. The number of hydrogen-bond donors (Lipinski definition) is 6. The second kappa shape index (κ2) is 19.4. The normalized spacial score (nSPS) is 15.9. The number of carbonyl (C=O) groups is 5. The van der Waals surface area contributed by atoms with Crippen LogP contribution >= 0.6 is 0 Å². The minimum absolute atomic E-state index is 0.0331. The van der Waals surface area contributed by atoms with E-state index < -0.39 is 71.5 Å². The first kappa shape index (κ1) is 43.6. The van der Waals surface area contributed by atoms with Gasteiger partial charge in [-0.15, -0.1) is 0 Å². The van der Waals surface area contributed by atoms with E-state index in [1.807, 2.05) is 91.0 Å². The van der Waals surface area contributed by atoms with Gasteiger partial charge in [-0.1, -0.05) is 121 Å². The van der Waals surface area contributed by atoms with Crippen molar-refractivity contribution in [3.8, 4) is 5.75 Å². The molecular formula is C48H51N5O8. The van der Waals surface area contributed by atoms with Crippen LogP contribution in [-0.2, 0) is 42.5 Å². The van der Waals surface area contributed by atoms with Gasteiger partial charge in [-0.05, 0) is 68.1 Å². The molecule has 13 heteroatoms. The molecule has 61 heavy (non-hydrogen) atoms. The molecule has 5 aromatic carbocycles. The Morgan fingerprint density at radius 3 is 1.82 bits per heavy atom. The van der Waals surface area contributed by atoms with Crippen molar-refractivity contribution < 1.29 is 38.6 Å². The third kappa shape index (κ3) is 11.6. The zero-order chi connectivity index (χ0) is 43.6. The minimum atomic E-state index is -2.18. The van der Waals surface area contributed by atoms with Gasteiger partial charge in [0.15, 0.2) is 5.60 Å². The number of amides is 5. The lowest BCUT2D eigenvalue weighted by Gasteiger charge is -2.30. The number of anilines is 1. The summed E-state index contributed by atoms with van der Waals surface area (Å²) in [5.74, 6) is -2.31. The van der Waals surface area contributed by atoms with Gasteiger partial charge in [0, 0.05) is 24.1 Å². The summed E-state index contributed by atoms with van der Waals surface area (Å²) in [6, 6.07) is 37.3. The summed E-state index contributed by atoms with van der Waals surface area (Å²) in [6.07, 6.45) is -1.33. The quantitative estimate of drug-likeness (QED) is 0.0719. The fourth-order valence-corrected chi connectivity index (χ4v) is 6.93. The summed E-state index contributed by atoms with van der Waals surface area (Å²) >= 11 is 0. The van der Waals surface area contributed by atoms with E-state index >= 15 is 0 Å². The Labute approximate surface area is 355 Å². The average Bonchev–Trinajstić information content (AvgIpc) is 3.50. The molecule has 6 rings (SSSR count). The molecular weight excluding hydrogens is 775 g/mol. The molecule has 316 valence electrons. The summed E-state index contributed by atoms with van der Waals surface area (Å²) < 4.78 is 11.4.